The predicted molar refractivity (Wildman–Crippen MR) is 69.2 cm³/mol. The van der Waals surface area contributed by atoms with E-state index in [1.807, 2.05) is 4.90 Å². The molecule has 1 fully saturated rings. The third-order valence-electron chi connectivity index (χ3n) is 3.28. The molecule has 1 aromatic carbocycles. The molecule has 2 rings (SSSR count). The van der Waals surface area contributed by atoms with E-state index in [9.17, 15) is 18.0 Å². The van der Waals surface area contributed by atoms with Gasteiger partial charge >= 0.3 is 6.18 Å². The first-order valence-corrected chi connectivity index (χ1v) is 6.33. The molecule has 3 N–H and O–H groups in total. The van der Waals surface area contributed by atoms with Gasteiger partial charge in [-0.1, -0.05) is 0 Å². The van der Waals surface area contributed by atoms with Crippen molar-refractivity contribution in [1.82, 2.24) is 5.32 Å². The van der Waals surface area contributed by atoms with Crippen LogP contribution in [0.4, 0.5) is 18.9 Å². The Morgan fingerprint density at radius 3 is 2.70 bits per heavy atom. The normalized spacial score (nSPS) is 16.8. The molecule has 20 heavy (non-hydrogen) atoms. The van der Waals surface area contributed by atoms with Crippen LogP contribution in [0.1, 0.15) is 17.5 Å². The maximum absolute atomic E-state index is 12.7. The lowest BCUT2D eigenvalue weighted by Crippen LogP contribution is -2.29. The number of carbonyl (C=O) groups is 1. The fourth-order valence-electron chi connectivity index (χ4n) is 2.24. The minimum Gasteiger partial charge on any atom is -0.369 e. The van der Waals surface area contributed by atoms with Crippen LogP contribution in [0.3, 0.4) is 0 Å². The molecule has 0 unspecified atom stereocenters. The van der Waals surface area contributed by atoms with Gasteiger partial charge in [-0.15, -0.1) is 0 Å². The second kappa shape index (κ2) is 5.70. The van der Waals surface area contributed by atoms with Crippen molar-refractivity contribution in [2.45, 2.75) is 19.1 Å². The molecule has 0 bridgehead atoms. The quantitative estimate of drug-likeness (QED) is 0.866. The number of alkyl halides is 3. The summed E-state index contributed by atoms with van der Waals surface area (Å²) in [4.78, 5) is 13.2. The zero-order valence-electron chi connectivity index (χ0n) is 10.8. The summed E-state index contributed by atoms with van der Waals surface area (Å²) < 4.78 is 38.1. The first kappa shape index (κ1) is 14.6. The van der Waals surface area contributed by atoms with E-state index >= 15 is 0 Å². The average molecular weight is 287 g/mol. The van der Waals surface area contributed by atoms with Crippen LogP contribution in [0.15, 0.2) is 18.2 Å². The fraction of sp³-hybridized carbons (Fsp3) is 0.462. The third kappa shape index (κ3) is 3.22. The van der Waals surface area contributed by atoms with Crippen molar-refractivity contribution >= 4 is 11.6 Å². The second-order valence-electron chi connectivity index (χ2n) is 4.63. The van der Waals surface area contributed by atoms with E-state index in [-0.39, 0.29) is 12.5 Å². The van der Waals surface area contributed by atoms with Crippen LogP contribution >= 0.6 is 0 Å². The second-order valence-corrected chi connectivity index (χ2v) is 4.63. The molecular formula is C13H16F3N3O. The van der Waals surface area contributed by atoms with Crippen molar-refractivity contribution in [3.63, 3.8) is 0 Å². The minimum atomic E-state index is -4.38. The van der Waals surface area contributed by atoms with Crippen LogP contribution in [0.25, 0.3) is 0 Å². The smallest absolute Gasteiger partial charge is 0.369 e. The number of hydrogen-bond donors (Lipinski definition) is 2. The molecule has 0 spiro atoms. The van der Waals surface area contributed by atoms with E-state index in [4.69, 9.17) is 5.73 Å². The van der Waals surface area contributed by atoms with Crippen molar-refractivity contribution in [2.24, 2.45) is 5.73 Å². The van der Waals surface area contributed by atoms with Crippen LogP contribution in [-0.2, 0) is 17.5 Å². The van der Waals surface area contributed by atoms with Gasteiger partial charge in [0.25, 0.3) is 0 Å². The van der Waals surface area contributed by atoms with Crippen molar-refractivity contribution in [3.8, 4) is 0 Å². The Morgan fingerprint density at radius 2 is 2.05 bits per heavy atom. The predicted octanol–water partition coefficient (Wildman–Crippen LogP) is 1.49. The van der Waals surface area contributed by atoms with E-state index in [1.54, 1.807) is 0 Å². The fourth-order valence-corrected chi connectivity index (χ4v) is 2.24. The SMILES string of the molecule is NCc1cc(C(F)(F)F)ccc1N1CCNC(=O)CC1. The van der Waals surface area contributed by atoms with Gasteiger partial charge in [0.15, 0.2) is 0 Å². The van der Waals surface area contributed by atoms with Crippen LogP contribution in [0, 0.1) is 0 Å². The Hall–Kier alpha value is -1.76. The molecule has 0 aliphatic carbocycles. The molecule has 1 aliphatic rings. The molecule has 110 valence electrons. The molecule has 1 heterocycles. The number of carbonyl (C=O) groups excluding carboxylic acids is 1. The number of nitrogens with zero attached hydrogens (tertiary/aromatic N) is 1. The van der Waals surface area contributed by atoms with Crippen LogP contribution in [0.2, 0.25) is 0 Å². The molecular weight excluding hydrogens is 271 g/mol. The summed E-state index contributed by atoms with van der Waals surface area (Å²) in [6, 6.07) is 3.56. The van der Waals surface area contributed by atoms with Crippen LogP contribution in [0.5, 0.6) is 0 Å². The standard InChI is InChI=1S/C13H16F3N3O/c14-13(15,16)10-1-2-11(9(7-10)8-17)19-5-3-12(20)18-4-6-19/h1-2,7H,3-6,8,17H2,(H,18,20). The lowest BCUT2D eigenvalue weighted by molar-refractivity contribution is -0.137. The molecule has 1 aromatic rings. The molecule has 0 aromatic heterocycles. The van der Waals surface area contributed by atoms with Crippen LogP contribution in [-0.4, -0.2) is 25.5 Å². The number of nitrogens with two attached hydrogens (primary N) is 1. The summed E-state index contributed by atoms with van der Waals surface area (Å²) in [5.41, 5.74) is 5.96. The summed E-state index contributed by atoms with van der Waals surface area (Å²) in [7, 11) is 0. The average Bonchev–Trinajstić information content (AvgIpc) is 2.62. The highest BCUT2D eigenvalue weighted by Crippen LogP contribution is 2.33. The molecule has 0 saturated carbocycles. The minimum absolute atomic E-state index is 0.0249. The van der Waals surface area contributed by atoms with E-state index < -0.39 is 11.7 Å². The van der Waals surface area contributed by atoms with Gasteiger partial charge in [0.2, 0.25) is 5.91 Å². The van der Waals surface area contributed by atoms with Gasteiger partial charge in [0, 0.05) is 38.3 Å². The Balaban J connectivity index is 2.29. The summed E-state index contributed by atoms with van der Waals surface area (Å²) in [5, 5.41) is 2.73. The van der Waals surface area contributed by atoms with Gasteiger partial charge in [0.1, 0.15) is 0 Å². The number of rotatable bonds is 2. The van der Waals surface area contributed by atoms with E-state index in [2.05, 4.69) is 5.32 Å². The number of benzene rings is 1. The molecule has 0 atom stereocenters. The Morgan fingerprint density at radius 1 is 1.30 bits per heavy atom. The van der Waals surface area contributed by atoms with Gasteiger partial charge in [0.05, 0.1) is 5.56 Å². The maximum Gasteiger partial charge on any atom is 0.416 e. The Bertz CT molecular complexity index is 502. The molecule has 1 aliphatic heterocycles. The van der Waals surface area contributed by atoms with Gasteiger partial charge in [-0.25, -0.2) is 0 Å². The zero-order chi connectivity index (χ0) is 14.8. The maximum atomic E-state index is 12.7. The summed E-state index contributed by atoms with van der Waals surface area (Å²) in [5.74, 6) is -0.0475. The first-order valence-electron chi connectivity index (χ1n) is 6.33. The molecule has 4 nitrogen and oxygen atoms in total. The van der Waals surface area contributed by atoms with Crippen LogP contribution < -0.4 is 16.0 Å². The largest absolute Gasteiger partial charge is 0.416 e. The molecule has 7 heteroatoms. The van der Waals surface area contributed by atoms with Gasteiger partial charge in [-0.2, -0.15) is 13.2 Å². The number of halogens is 3. The van der Waals surface area contributed by atoms with Gasteiger partial charge < -0.3 is 16.0 Å². The highest BCUT2D eigenvalue weighted by atomic mass is 19.4. The molecule has 1 amide bonds. The first-order chi connectivity index (χ1) is 9.41. The van der Waals surface area contributed by atoms with E-state index in [0.717, 1.165) is 12.1 Å². The Labute approximate surface area is 114 Å². The van der Waals surface area contributed by atoms with Crippen molar-refractivity contribution < 1.29 is 18.0 Å². The van der Waals surface area contributed by atoms with E-state index in [0.29, 0.717) is 37.3 Å². The number of hydrogen-bond acceptors (Lipinski definition) is 3. The highest BCUT2D eigenvalue weighted by Gasteiger charge is 2.31. The number of nitrogens with one attached hydrogen (secondary N) is 1. The highest BCUT2D eigenvalue weighted by molar-refractivity contribution is 5.77. The number of amides is 1. The van der Waals surface area contributed by atoms with Crippen molar-refractivity contribution in [3.05, 3.63) is 29.3 Å². The number of anilines is 1. The third-order valence-corrected chi connectivity index (χ3v) is 3.28. The molecule has 0 radical (unpaired) electrons. The van der Waals surface area contributed by atoms with Crippen molar-refractivity contribution in [1.29, 1.82) is 0 Å². The summed E-state index contributed by atoms with van der Waals surface area (Å²) in [6.45, 7) is 1.54. The zero-order valence-corrected chi connectivity index (χ0v) is 10.8. The summed E-state index contributed by atoms with van der Waals surface area (Å²) in [6.07, 6.45) is -4.05. The lowest BCUT2D eigenvalue weighted by atomic mass is 10.1. The topological polar surface area (TPSA) is 58.4 Å². The van der Waals surface area contributed by atoms with Gasteiger partial charge in [-0.05, 0) is 23.8 Å². The van der Waals surface area contributed by atoms with Crippen molar-refractivity contribution in [2.75, 3.05) is 24.5 Å². The lowest BCUT2D eigenvalue weighted by Gasteiger charge is -2.25. The van der Waals surface area contributed by atoms with Gasteiger partial charge in [-0.3, -0.25) is 4.79 Å². The Kier molecular flexibility index (Phi) is 4.17. The molecule has 1 saturated heterocycles. The monoisotopic (exact) mass is 287 g/mol. The summed E-state index contributed by atoms with van der Waals surface area (Å²) >= 11 is 0. The van der Waals surface area contributed by atoms with E-state index in [1.165, 1.54) is 6.07 Å².